The Bertz CT molecular complexity index is 1090. The third-order valence-corrected chi connectivity index (χ3v) is 3.86. The van der Waals surface area contributed by atoms with E-state index in [0.717, 1.165) is 5.69 Å². The molecule has 3 heterocycles. The van der Waals surface area contributed by atoms with Crippen molar-refractivity contribution >= 4 is 33.7 Å². The number of aryl methyl sites for hydroxylation is 2. The summed E-state index contributed by atoms with van der Waals surface area (Å²) in [6.45, 7) is 1.83. The zero-order valence-corrected chi connectivity index (χ0v) is 13.0. The second kappa shape index (κ2) is 5.05. The smallest absolute Gasteiger partial charge is 0.257 e. The summed E-state index contributed by atoms with van der Waals surface area (Å²) in [4.78, 5) is 17.1. The number of aromatic hydroxyl groups is 1. The molecule has 0 bridgehead atoms. The van der Waals surface area contributed by atoms with Crippen LogP contribution in [0.2, 0.25) is 0 Å². The molecule has 0 aliphatic heterocycles. The van der Waals surface area contributed by atoms with Gasteiger partial charge in [0.05, 0.1) is 22.7 Å². The number of nitrogens with zero attached hydrogens (tertiary/aromatic N) is 4. The monoisotopic (exact) mass is 322 g/mol. The highest BCUT2D eigenvalue weighted by Gasteiger charge is 2.17. The molecule has 0 aliphatic carbocycles. The van der Waals surface area contributed by atoms with Crippen LogP contribution < -0.4 is 5.32 Å². The van der Waals surface area contributed by atoms with Crippen LogP contribution in [0.25, 0.3) is 21.9 Å². The van der Waals surface area contributed by atoms with Crippen LogP contribution in [0, 0.1) is 6.92 Å². The van der Waals surface area contributed by atoms with E-state index in [2.05, 4.69) is 25.6 Å². The lowest BCUT2D eigenvalue weighted by Gasteiger charge is -2.05. The van der Waals surface area contributed by atoms with E-state index < -0.39 is 0 Å². The summed E-state index contributed by atoms with van der Waals surface area (Å²) in [5.41, 5.74) is 2.51. The first kappa shape index (κ1) is 14.2. The molecule has 0 aliphatic rings. The predicted molar refractivity (Wildman–Crippen MR) is 89.0 cm³/mol. The molecule has 0 spiro atoms. The van der Waals surface area contributed by atoms with Crippen molar-refractivity contribution in [3.05, 3.63) is 41.7 Å². The molecule has 0 unspecified atom stereocenters. The Hall–Kier alpha value is -3.42. The van der Waals surface area contributed by atoms with Gasteiger partial charge in [0.2, 0.25) is 0 Å². The molecule has 3 aromatic heterocycles. The third-order valence-electron chi connectivity index (χ3n) is 3.86. The van der Waals surface area contributed by atoms with E-state index >= 15 is 0 Å². The molecule has 0 saturated carbocycles. The Morgan fingerprint density at radius 3 is 2.96 bits per heavy atom. The number of carbonyl (C=O) groups excluding carboxylic acids is 1. The molecule has 120 valence electrons. The average molecular weight is 322 g/mol. The number of carbonyl (C=O) groups is 1. The zero-order valence-electron chi connectivity index (χ0n) is 13.0. The number of aromatic nitrogens is 5. The number of benzene rings is 1. The van der Waals surface area contributed by atoms with Crippen LogP contribution in [0.4, 0.5) is 5.82 Å². The van der Waals surface area contributed by atoms with Gasteiger partial charge in [-0.05, 0) is 25.1 Å². The maximum Gasteiger partial charge on any atom is 0.257 e. The molecule has 1 amide bonds. The molecular formula is C16H14N6O2. The molecule has 0 atom stereocenters. The van der Waals surface area contributed by atoms with Crippen LogP contribution in [-0.2, 0) is 7.05 Å². The van der Waals surface area contributed by atoms with Crippen molar-refractivity contribution in [3.8, 4) is 5.75 Å². The Kier molecular flexibility index (Phi) is 2.99. The number of amides is 1. The number of pyridine rings is 1. The van der Waals surface area contributed by atoms with Gasteiger partial charge in [0, 0.05) is 24.2 Å². The van der Waals surface area contributed by atoms with Crippen molar-refractivity contribution in [3.63, 3.8) is 0 Å². The summed E-state index contributed by atoms with van der Waals surface area (Å²) in [5.74, 6) is 0.243. The summed E-state index contributed by atoms with van der Waals surface area (Å²) in [6, 6.07) is 6.51. The SMILES string of the molecule is Cc1cc(C(=O)Nc2n[nH]c3cc(O)ccc23)c2cnn(C)c2n1. The Morgan fingerprint density at radius 2 is 2.12 bits per heavy atom. The Labute approximate surface area is 136 Å². The van der Waals surface area contributed by atoms with Gasteiger partial charge in [0.25, 0.3) is 5.91 Å². The van der Waals surface area contributed by atoms with Gasteiger partial charge in [-0.25, -0.2) is 4.98 Å². The fourth-order valence-corrected chi connectivity index (χ4v) is 2.71. The molecule has 8 nitrogen and oxygen atoms in total. The molecule has 4 aromatic rings. The van der Waals surface area contributed by atoms with E-state index in [1.165, 1.54) is 0 Å². The molecule has 0 saturated heterocycles. The minimum Gasteiger partial charge on any atom is -0.508 e. The number of phenols is 1. The highest BCUT2D eigenvalue weighted by molar-refractivity contribution is 6.13. The van der Waals surface area contributed by atoms with Crippen LogP contribution in [-0.4, -0.2) is 36.0 Å². The Morgan fingerprint density at radius 1 is 1.29 bits per heavy atom. The normalized spacial score (nSPS) is 11.2. The van der Waals surface area contributed by atoms with E-state index in [-0.39, 0.29) is 11.7 Å². The summed E-state index contributed by atoms with van der Waals surface area (Å²) in [7, 11) is 1.78. The quantitative estimate of drug-likeness (QED) is 0.524. The molecule has 8 heteroatoms. The lowest BCUT2D eigenvalue weighted by atomic mass is 10.1. The van der Waals surface area contributed by atoms with E-state index in [4.69, 9.17) is 0 Å². The van der Waals surface area contributed by atoms with Gasteiger partial charge >= 0.3 is 0 Å². The maximum absolute atomic E-state index is 12.7. The van der Waals surface area contributed by atoms with Gasteiger partial charge in [-0.1, -0.05) is 0 Å². The summed E-state index contributed by atoms with van der Waals surface area (Å²) in [5, 5.41) is 24.7. The van der Waals surface area contributed by atoms with Crippen molar-refractivity contribution in [2.45, 2.75) is 6.92 Å². The number of nitrogens with one attached hydrogen (secondary N) is 2. The van der Waals surface area contributed by atoms with E-state index in [1.54, 1.807) is 42.2 Å². The van der Waals surface area contributed by atoms with Crippen molar-refractivity contribution in [2.24, 2.45) is 7.05 Å². The van der Waals surface area contributed by atoms with Gasteiger partial charge in [-0.3, -0.25) is 14.6 Å². The second-order valence-electron chi connectivity index (χ2n) is 5.57. The molecule has 3 N–H and O–H groups in total. The third kappa shape index (κ3) is 2.16. The minimum absolute atomic E-state index is 0.130. The molecule has 24 heavy (non-hydrogen) atoms. The van der Waals surface area contributed by atoms with Gasteiger partial charge < -0.3 is 10.4 Å². The number of anilines is 1. The minimum atomic E-state index is -0.292. The van der Waals surface area contributed by atoms with Gasteiger partial charge in [0.15, 0.2) is 11.5 Å². The van der Waals surface area contributed by atoms with E-state index in [1.807, 2.05) is 6.92 Å². The number of hydrogen-bond donors (Lipinski definition) is 3. The van der Waals surface area contributed by atoms with Crippen molar-refractivity contribution < 1.29 is 9.90 Å². The van der Waals surface area contributed by atoms with Gasteiger partial charge in [-0.15, -0.1) is 0 Å². The van der Waals surface area contributed by atoms with Gasteiger partial charge in [-0.2, -0.15) is 10.2 Å². The van der Waals surface area contributed by atoms with Crippen molar-refractivity contribution in [1.29, 1.82) is 0 Å². The number of fused-ring (bicyclic) bond motifs is 2. The van der Waals surface area contributed by atoms with Gasteiger partial charge in [0.1, 0.15) is 5.75 Å². The highest BCUT2D eigenvalue weighted by Crippen LogP contribution is 2.25. The molecular weight excluding hydrogens is 308 g/mol. The lowest BCUT2D eigenvalue weighted by molar-refractivity contribution is 0.102. The number of rotatable bonds is 2. The molecule has 0 fully saturated rings. The van der Waals surface area contributed by atoms with Crippen molar-refractivity contribution in [2.75, 3.05) is 5.32 Å². The molecule has 4 rings (SSSR count). The zero-order chi connectivity index (χ0) is 16.8. The van der Waals surface area contributed by atoms with Crippen LogP contribution >= 0.6 is 0 Å². The number of hydrogen-bond acceptors (Lipinski definition) is 5. The predicted octanol–water partition coefficient (Wildman–Crippen LogP) is 2.11. The second-order valence-corrected chi connectivity index (χ2v) is 5.57. The topological polar surface area (TPSA) is 109 Å². The van der Waals surface area contributed by atoms with Crippen LogP contribution in [0.3, 0.4) is 0 Å². The first-order valence-electron chi connectivity index (χ1n) is 7.31. The van der Waals surface area contributed by atoms with Crippen molar-refractivity contribution in [1.82, 2.24) is 25.0 Å². The summed E-state index contributed by atoms with van der Waals surface area (Å²) in [6.07, 6.45) is 1.62. The largest absolute Gasteiger partial charge is 0.508 e. The molecule has 0 radical (unpaired) electrons. The number of aromatic amines is 1. The average Bonchev–Trinajstić information content (AvgIpc) is 3.11. The molecule has 1 aromatic carbocycles. The number of H-pyrrole nitrogens is 1. The summed E-state index contributed by atoms with van der Waals surface area (Å²) >= 11 is 0. The number of phenolic OH excluding ortho intramolecular Hbond substituents is 1. The van der Waals surface area contributed by atoms with E-state index in [9.17, 15) is 9.90 Å². The fraction of sp³-hybridized carbons (Fsp3) is 0.125. The summed E-state index contributed by atoms with van der Waals surface area (Å²) < 4.78 is 1.63. The highest BCUT2D eigenvalue weighted by atomic mass is 16.3. The fourth-order valence-electron chi connectivity index (χ4n) is 2.71. The van der Waals surface area contributed by atoms with Crippen LogP contribution in [0.1, 0.15) is 16.1 Å². The van der Waals surface area contributed by atoms with Crippen LogP contribution in [0.15, 0.2) is 30.5 Å². The lowest BCUT2D eigenvalue weighted by Crippen LogP contribution is -2.13. The van der Waals surface area contributed by atoms with E-state index in [0.29, 0.717) is 33.3 Å². The first-order chi connectivity index (χ1) is 11.5. The maximum atomic E-state index is 12.7. The standard InChI is InChI=1S/C16H14N6O2/c1-8-5-11(12-7-17-22(2)15(12)18-8)16(24)19-14-10-4-3-9(23)6-13(10)20-21-14/h3-7,23H,1-2H3,(H2,19,20,21,24). The Balaban J connectivity index is 1.76. The first-order valence-corrected chi connectivity index (χ1v) is 7.31. The van der Waals surface area contributed by atoms with Crippen LogP contribution in [0.5, 0.6) is 5.75 Å².